The molecule has 7 nitrogen and oxygen atoms in total. The first-order valence-electron chi connectivity index (χ1n) is 10.6. The maximum absolute atomic E-state index is 13.0. The molecule has 1 aliphatic carbocycles. The van der Waals surface area contributed by atoms with Crippen molar-refractivity contribution in [1.82, 2.24) is 9.62 Å². The number of allylic oxidation sites excluding steroid dienone is 1. The summed E-state index contributed by atoms with van der Waals surface area (Å²) in [5, 5.41) is 7.12. The van der Waals surface area contributed by atoms with Crippen molar-refractivity contribution in [1.29, 1.82) is 0 Å². The Bertz CT molecular complexity index is 989. The van der Waals surface area contributed by atoms with Crippen molar-refractivity contribution >= 4 is 37.6 Å². The average molecular weight is 594 g/mol. The van der Waals surface area contributed by atoms with E-state index in [9.17, 15) is 30.4 Å². The molecule has 1 aliphatic rings. The second-order valence-electron chi connectivity index (χ2n) is 8.25. The predicted octanol–water partition coefficient (Wildman–Crippen LogP) is 4.84. The Labute approximate surface area is 210 Å². The third-order valence-corrected chi connectivity index (χ3v) is 7.20. The number of sulfonamides is 1. The van der Waals surface area contributed by atoms with Crippen molar-refractivity contribution in [2.75, 3.05) is 39.1 Å². The van der Waals surface area contributed by atoms with Crippen LogP contribution in [0.2, 0.25) is 0 Å². The van der Waals surface area contributed by atoms with Crippen LogP contribution in [0.15, 0.2) is 39.2 Å². The van der Waals surface area contributed by atoms with Gasteiger partial charge in [0, 0.05) is 24.1 Å². The molecule has 0 spiro atoms. The Morgan fingerprint density at radius 1 is 1.14 bits per heavy atom. The molecular formula is C21H29BrF5N3O4S. The Morgan fingerprint density at radius 2 is 1.69 bits per heavy atom. The van der Waals surface area contributed by atoms with Crippen molar-refractivity contribution in [3.05, 3.63) is 34.3 Å². The number of nitrogens with zero attached hydrogens (tertiary/aromatic N) is 2. The van der Waals surface area contributed by atoms with Gasteiger partial charge in [-0.15, -0.1) is 0 Å². The topological polar surface area (TPSA) is 90.0 Å². The van der Waals surface area contributed by atoms with Gasteiger partial charge in [-0.25, -0.2) is 17.9 Å². The summed E-state index contributed by atoms with van der Waals surface area (Å²) in [6.07, 6.45) is -4.58. The van der Waals surface area contributed by atoms with Gasteiger partial charge in [0.2, 0.25) is 10.0 Å². The first-order chi connectivity index (χ1) is 16.0. The fourth-order valence-corrected chi connectivity index (χ4v) is 5.20. The summed E-state index contributed by atoms with van der Waals surface area (Å²) < 4.78 is 86.7. The Balaban J connectivity index is 0.000000762. The molecule has 0 aromatic heterocycles. The van der Waals surface area contributed by atoms with Crippen LogP contribution >= 0.6 is 15.9 Å². The van der Waals surface area contributed by atoms with Crippen molar-refractivity contribution in [3.8, 4) is 0 Å². The highest BCUT2D eigenvalue weighted by Gasteiger charge is 2.38. The molecule has 0 bridgehead atoms. The highest BCUT2D eigenvalue weighted by molar-refractivity contribution is 9.10. The van der Waals surface area contributed by atoms with Gasteiger partial charge in [-0.2, -0.15) is 22.0 Å². The number of rotatable bonds is 8. The van der Waals surface area contributed by atoms with Crippen molar-refractivity contribution in [2.24, 2.45) is 0 Å². The smallest absolute Gasteiger partial charge is 0.475 e. The number of alkyl halides is 3. The molecule has 14 heteroatoms. The molecule has 0 radical (unpaired) electrons. The highest BCUT2D eigenvalue weighted by Crippen LogP contribution is 2.31. The predicted molar refractivity (Wildman–Crippen MR) is 126 cm³/mol. The molecular weight excluding hydrogens is 565 g/mol. The number of nitrogens with one attached hydrogen (secondary N) is 1. The first-order valence-corrected chi connectivity index (χ1v) is 12.8. The molecule has 0 heterocycles. The van der Waals surface area contributed by atoms with E-state index in [1.54, 1.807) is 18.2 Å². The van der Waals surface area contributed by atoms with E-state index in [-0.39, 0.29) is 29.4 Å². The lowest BCUT2D eigenvalue weighted by Crippen LogP contribution is -2.37. The third kappa shape index (κ3) is 10.8. The zero-order valence-corrected chi connectivity index (χ0v) is 21.9. The van der Waals surface area contributed by atoms with Gasteiger partial charge >= 0.3 is 12.1 Å². The Morgan fingerprint density at radius 3 is 2.14 bits per heavy atom. The molecule has 0 saturated heterocycles. The largest absolute Gasteiger partial charge is 0.490 e. The molecule has 35 heavy (non-hydrogen) atoms. The van der Waals surface area contributed by atoms with Gasteiger partial charge in [0.05, 0.1) is 5.69 Å². The van der Waals surface area contributed by atoms with Crippen LogP contribution in [0.1, 0.15) is 32.1 Å². The summed E-state index contributed by atoms with van der Waals surface area (Å²) >= 11 is 3.42. The molecule has 0 aliphatic heterocycles. The lowest BCUT2D eigenvalue weighted by Gasteiger charge is -2.27. The van der Waals surface area contributed by atoms with Gasteiger partial charge in [0.1, 0.15) is 4.90 Å². The van der Waals surface area contributed by atoms with Crippen LogP contribution in [0, 0.1) is 0 Å². The third-order valence-electron chi connectivity index (χ3n) is 5.14. The van der Waals surface area contributed by atoms with Crippen LogP contribution in [-0.2, 0) is 14.8 Å². The minimum absolute atomic E-state index is 0.139. The second kappa shape index (κ2) is 13.5. The maximum Gasteiger partial charge on any atom is 0.490 e. The number of hydrogen-bond acceptors (Lipinski definition) is 5. The Kier molecular flexibility index (Phi) is 12.1. The fourth-order valence-electron chi connectivity index (χ4n) is 3.32. The zero-order valence-electron chi connectivity index (χ0n) is 19.5. The van der Waals surface area contributed by atoms with Gasteiger partial charge in [-0.3, -0.25) is 0 Å². The van der Waals surface area contributed by atoms with Gasteiger partial charge < -0.3 is 14.9 Å². The fraction of sp³-hybridized carbons (Fsp3) is 0.571. The molecule has 0 atom stereocenters. The highest BCUT2D eigenvalue weighted by atomic mass is 79.9. The summed E-state index contributed by atoms with van der Waals surface area (Å²) in [4.78, 5) is 13.1. The van der Waals surface area contributed by atoms with E-state index in [4.69, 9.17) is 9.90 Å². The van der Waals surface area contributed by atoms with Gasteiger partial charge in [0.15, 0.2) is 0 Å². The molecule has 1 aromatic rings. The number of aliphatic carboxylic acids is 1. The lowest BCUT2D eigenvalue weighted by molar-refractivity contribution is -0.192. The second-order valence-corrected chi connectivity index (χ2v) is 10.9. The van der Waals surface area contributed by atoms with E-state index in [0.717, 1.165) is 17.4 Å². The number of benzene rings is 1. The average Bonchev–Trinajstić information content (AvgIpc) is 2.73. The summed E-state index contributed by atoms with van der Waals surface area (Å²) in [6, 6.07) is 4.75. The quantitative estimate of drug-likeness (QED) is 0.419. The first kappa shape index (κ1) is 31.3. The number of halogens is 6. The molecule has 2 rings (SSSR count). The number of anilines is 1. The molecule has 1 aromatic carbocycles. The molecule has 200 valence electrons. The van der Waals surface area contributed by atoms with Crippen LogP contribution in [0.4, 0.5) is 27.6 Å². The number of carboxylic acid groups (broad SMARTS) is 1. The monoisotopic (exact) mass is 593 g/mol. The number of hydrogen-bond donors (Lipinski definition) is 2. The molecule has 1 fully saturated rings. The zero-order chi connectivity index (χ0) is 27.0. The summed E-state index contributed by atoms with van der Waals surface area (Å²) in [6.45, 7) is 1.62. The Hall–Kier alpha value is -1.77. The van der Waals surface area contributed by atoms with Crippen LogP contribution in [0.5, 0.6) is 0 Å². The van der Waals surface area contributed by atoms with E-state index in [0.29, 0.717) is 25.1 Å². The van der Waals surface area contributed by atoms with Crippen molar-refractivity contribution < 1.29 is 40.3 Å². The van der Waals surface area contributed by atoms with Gasteiger partial charge in [0.25, 0.3) is 6.08 Å². The molecule has 2 N–H and O–H groups in total. The normalized spacial score (nSPS) is 16.5. The van der Waals surface area contributed by atoms with E-state index < -0.39 is 28.2 Å². The lowest BCUT2D eigenvalue weighted by atomic mass is 9.92. The SMILES string of the molecule is CN(C)CCCN(C)c1cc(Br)ccc1S(=O)(=O)NC1CCC(=C(F)F)CC1.O=C(O)C(F)(F)F. The van der Waals surface area contributed by atoms with Crippen LogP contribution in [-0.4, -0.2) is 70.8 Å². The van der Waals surface area contributed by atoms with Crippen molar-refractivity contribution in [2.45, 2.75) is 49.2 Å². The van der Waals surface area contributed by atoms with E-state index in [1.807, 2.05) is 26.0 Å². The summed E-state index contributed by atoms with van der Waals surface area (Å²) in [7, 11) is 2.11. The number of carboxylic acids is 1. The van der Waals surface area contributed by atoms with Crippen molar-refractivity contribution in [3.63, 3.8) is 0 Å². The molecule has 1 saturated carbocycles. The summed E-state index contributed by atoms with van der Waals surface area (Å²) in [5.74, 6) is -2.76. The standard InChI is InChI=1S/C19H28BrF2N3O2S.C2HF3O2/c1-24(2)11-4-12-25(3)17-13-15(20)7-10-18(17)28(26,27)23-16-8-5-14(6-9-16)19(21)22;3-2(4,5)1(6)7/h7,10,13,16,23H,4-6,8-9,11-12H2,1-3H3;(H,6,7). The number of carbonyl (C=O) groups is 1. The molecule has 0 unspecified atom stereocenters. The molecule has 0 amide bonds. The van der Waals surface area contributed by atoms with E-state index in [1.165, 1.54) is 0 Å². The van der Waals surface area contributed by atoms with Crippen LogP contribution in [0.3, 0.4) is 0 Å². The van der Waals surface area contributed by atoms with E-state index in [2.05, 4.69) is 25.6 Å². The van der Waals surface area contributed by atoms with E-state index >= 15 is 0 Å². The maximum atomic E-state index is 13.0. The summed E-state index contributed by atoms with van der Waals surface area (Å²) in [5.41, 5.74) is 0.757. The van der Waals surface area contributed by atoms with Gasteiger partial charge in [-0.1, -0.05) is 15.9 Å². The van der Waals surface area contributed by atoms with Crippen LogP contribution < -0.4 is 9.62 Å². The van der Waals surface area contributed by atoms with Gasteiger partial charge in [-0.05, 0) is 76.5 Å². The van der Waals surface area contributed by atoms with Crippen LogP contribution in [0.25, 0.3) is 0 Å². The minimum Gasteiger partial charge on any atom is -0.475 e. The minimum atomic E-state index is -5.08.